The van der Waals surface area contributed by atoms with Gasteiger partial charge in [-0.25, -0.2) is 5.06 Å². The number of carbonyl (C=O) groups excluding carboxylic acids is 2. The van der Waals surface area contributed by atoms with E-state index in [0.717, 1.165) is 11.1 Å². The molecule has 2 heterocycles. The summed E-state index contributed by atoms with van der Waals surface area (Å²) in [5, 5.41) is 19.4. The Morgan fingerprint density at radius 2 is 1.51 bits per heavy atom. The molecule has 0 saturated carbocycles. The molecule has 45 heavy (non-hydrogen) atoms. The zero-order valence-corrected chi connectivity index (χ0v) is 26.9. The molecule has 2 N–H and O–H groups in total. The Hall–Kier alpha value is -3.69. The van der Waals surface area contributed by atoms with Crippen molar-refractivity contribution in [1.82, 2.24) is 25.5 Å². The van der Waals surface area contributed by atoms with E-state index in [1.165, 1.54) is 12.2 Å². The first-order chi connectivity index (χ1) is 21.7. The molecule has 236 valence electrons. The minimum Gasteiger partial charge on any atom is -0.493 e. The van der Waals surface area contributed by atoms with Crippen LogP contribution in [0.1, 0.15) is 41.3 Å². The van der Waals surface area contributed by atoms with Gasteiger partial charge in [0.2, 0.25) is 0 Å². The minimum absolute atomic E-state index is 0.163. The number of rotatable bonds is 9. The zero-order chi connectivity index (χ0) is 32.1. The third-order valence-electron chi connectivity index (χ3n) is 8.31. The van der Waals surface area contributed by atoms with Crippen LogP contribution in [-0.2, 0) is 20.1 Å². The molecule has 12 heteroatoms. The normalized spacial score (nSPS) is 21.7. The highest BCUT2D eigenvalue weighted by atomic mass is 35.5. The summed E-state index contributed by atoms with van der Waals surface area (Å²) in [6, 6.07) is 21.7. The van der Waals surface area contributed by atoms with Crippen LogP contribution in [0.5, 0.6) is 5.75 Å². The first-order valence-electron chi connectivity index (χ1n) is 14.7. The molecular formula is C33H36Cl2N6O4. The second-order valence-electron chi connectivity index (χ2n) is 11.0. The molecule has 1 unspecified atom stereocenters. The molecule has 0 aromatic heterocycles. The van der Waals surface area contributed by atoms with Gasteiger partial charge < -0.3 is 9.64 Å². The number of nitriles is 1. The molecule has 3 aromatic carbocycles. The molecule has 3 atom stereocenters. The van der Waals surface area contributed by atoms with Gasteiger partial charge in [-0.05, 0) is 54.4 Å². The summed E-state index contributed by atoms with van der Waals surface area (Å²) in [5.41, 5.74) is 1.42. The predicted octanol–water partition coefficient (Wildman–Crippen LogP) is 4.26. The molecule has 2 aliphatic heterocycles. The molecule has 0 spiro atoms. The van der Waals surface area contributed by atoms with Crippen LogP contribution in [0.4, 0.5) is 0 Å². The number of piperazine rings is 1. The molecule has 0 radical (unpaired) electrons. The molecule has 0 aliphatic carbocycles. The van der Waals surface area contributed by atoms with E-state index in [0.29, 0.717) is 59.7 Å². The lowest BCUT2D eigenvalue weighted by molar-refractivity contribution is -0.170. The molecule has 5 rings (SSSR count). The summed E-state index contributed by atoms with van der Waals surface area (Å²) in [5.74, 6) is 0.0790. The number of likely N-dealkylation sites (N-methyl/N-ethyl adjacent to an activating group) is 1. The summed E-state index contributed by atoms with van der Waals surface area (Å²) in [6.45, 7) is 4.24. The van der Waals surface area contributed by atoms with E-state index >= 15 is 0 Å². The van der Waals surface area contributed by atoms with Crippen LogP contribution in [0.3, 0.4) is 0 Å². The largest absolute Gasteiger partial charge is 0.493 e. The standard InChI is InChI=1S/C33H36Cl2N6O4/c1-4-45-28-19-22(20-36)5-14-27(28)33(32(43)41-17-15-40(16-18-41)21-29(42)39(2)44-3)37-30(23-6-10-25(34)11-7-23)31(38-33)24-8-12-26(35)13-9-24/h5-14,19,30-31,37-38H,4,15-18,21H2,1-3H3/t30-,31+,33?. The third kappa shape index (κ3) is 6.94. The van der Waals surface area contributed by atoms with Gasteiger partial charge in [0.05, 0.1) is 44.0 Å². The van der Waals surface area contributed by atoms with Crippen molar-refractivity contribution in [3.8, 4) is 11.8 Å². The van der Waals surface area contributed by atoms with Crippen LogP contribution in [-0.4, -0.2) is 80.2 Å². The smallest absolute Gasteiger partial charge is 0.262 e. The van der Waals surface area contributed by atoms with E-state index in [9.17, 15) is 14.9 Å². The van der Waals surface area contributed by atoms with Crippen molar-refractivity contribution in [2.45, 2.75) is 24.7 Å². The lowest BCUT2D eigenvalue weighted by atomic mass is 9.95. The van der Waals surface area contributed by atoms with E-state index < -0.39 is 5.66 Å². The topological polar surface area (TPSA) is 110 Å². The van der Waals surface area contributed by atoms with Crippen molar-refractivity contribution >= 4 is 35.0 Å². The average molecular weight is 652 g/mol. The number of hydroxylamine groups is 2. The minimum atomic E-state index is -1.43. The fourth-order valence-electron chi connectivity index (χ4n) is 5.88. The van der Waals surface area contributed by atoms with Gasteiger partial charge in [-0.3, -0.25) is 30.0 Å². The SMILES string of the molecule is CCOc1cc(C#N)ccc1C1(C(=O)N2CCN(CC(=O)N(C)OC)CC2)N[C@H](c2ccc(Cl)cc2)[C@H](c2ccc(Cl)cc2)N1. The first-order valence-corrected chi connectivity index (χ1v) is 15.5. The lowest BCUT2D eigenvalue weighted by Gasteiger charge is -2.40. The van der Waals surface area contributed by atoms with E-state index in [-0.39, 0.29) is 30.4 Å². The van der Waals surface area contributed by atoms with Gasteiger partial charge in [0.15, 0.2) is 5.66 Å². The van der Waals surface area contributed by atoms with E-state index in [1.54, 1.807) is 30.1 Å². The van der Waals surface area contributed by atoms with Crippen molar-refractivity contribution in [3.63, 3.8) is 0 Å². The molecule has 3 aromatic rings. The summed E-state index contributed by atoms with van der Waals surface area (Å²) < 4.78 is 6.06. The summed E-state index contributed by atoms with van der Waals surface area (Å²) >= 11 is 12.5. The Kier molecular flexibility index (Phi) is 10.3. The van der Waals surface area contributed by atoms with Gasteiger partial charge in [-0.2, -0.15) is 5.26 Å². The van der Waals surface area contributed by atoms with E-state index in [1.807, 2.05) is 60.4 Å². The van der Waals surface area contributed by atoms with E-state index in [2.05, 4.69) is 16.7 Å². The number of halogens is 2. The van der Waals surface area contributed by atoms with Gasteiger partial charge >= 0.3 is 0 Å². The van der Waals surface area contributed by atoms with Crippen molar-refractivity contribution in [3.05, 3.63) is 99.0 Å². The third-order valence-corrected chi connectivity index (χ3v) is 8.82. The number of nitrogens with zero attached hydrogens (tertiary/aromatic N) is 4. The fourth-order valence-corrected chi connectivity index (χ4v) is 6.13. The first kappa shape index (κ1) is 32.7. The summed E-state index contributed by atoms with van der Waals surface area (Å²) in [4.78, 5) is 36.2. The highest BCUT2D eigenvalue weighted by Crippen LogP contribution is 2.45. The second-order valence-corrected chi connectivity index (χ2v) is 11.9. The Morgan fingerprint density at radius 3 is 2.00 bits per heavy atom. The zero-order valence-electron chi connectivity index (χ0n) is 25.4. The second kappa shape index (κ2) is 14.2. The molecule has 0 bridgehead atoms. The monoisotopic (exact) mass is 650 g/mol. The van der Waals surface area contributed by atoms with Crippen molar-refractivity contribution < 1.29 is 19.2 Å². The Bertz CT molecular complexity index is 1500. The quantitative estimate of drug-likeness (QED) is 0.331. The number of ether oxygens (including phenoxy) is 1. The lowest BCUT2D eigenvalue weighted by Crippen LogP contribution is -2.62. The maximum Gasteiger partial charge on any atom is 0.262 e. The van der Waals surface area contributed by atoms with E-state index in [4.69, 9.17) is 32.8 Å². The molecule has 2 fully saturated rings. The number of hydrogen-bond donors (Lipinski definition) is 2. The maximum atomic E-state index is 14.9. The van der Waals surface area contributed by atoms with Crippen LogP contribution in [0.2, 0.25) is 10.0 Å². The Balaban J connectivity index is 1.56. The van der Waals surface area contributed by atoms with Crippen LogP contribution >= 0.6 is 23.2 Å². The van der Waals surface area contributed by atoms with Crippen LogP contribution < -0.4 is 15.4 Å². The number of nitrogens with one attached hydrogen (secondary N) is 2. The predicted molar refractivity (Wildman–Crippen MR) is 171 cm³/mol. The Labute approximate surface area is 273 Å². The average Bonchev–Trinajstić information content (AvgIpc) is 3.46. The summed E-state index contributed by atoms with van der Waals surface area (Å²) in [6.07, 6.45) is 0. The summed E-state index contributed by atoms with van der Waals surface area (Å²) in [7, 11) is 3.02. The number of hydrogen-bond acceptors (Lipinski definition) is 8. The molecular weight excluding hydrogens is 615 g/mol. The Morgan fingerprint density at radius 1 is 0.956 bits per heavy atom. The van der Waals surface area contributed by atoms with Gasteiger partial charge in [0.1, 0.15) is 5.75 Å². The highest BCUT2D eigenvalue weighted by Gasteiger charge is 2.54. The highest BCUT2D eigenvalue weighted by molar-refractivity contribution is 6.30. The van der Waals surface area contributed by atoms with Crippen molar-refractivity contribution in [2.75, 3.05) is 53.5 Å². The fraction of sp³-hybridized carbons (Fsp3) is 0.364. The number of benzene rings is 3. The van der Waals surface area contributed by atoms with Crippen LogP contribution in [0, 0.1) is 11.3 Å². The molecule has 2 saturated heterocycles. The molecule has 2 aliphatic rings. The molecule has 2 amide bonds. The number of amides is 2. The maximum absolute atomic E-state index is 14.9. The number of carbonyl (C=O) groups is 2. The van der Waals surface area contributed by atoms with Gasteiger partial charge in [-0.1, -0.05) is 53.5 Å². The van der Waals surface area contributed by atoms with Gasteiger partial charge in [0, 0.05) is 48.8 Å². The van der Waals surface area contributed by atoms with Gasteiger partial charge in [-0.15, -0.1) is 0 Å². The van der Waals surface area contributed by atoms with Crippen molar-refractivity contribution in [2.24, 2.45) is 0 Å². The molecule has 10 nitrogen and oxygen atoms in total. The van der Waals surface area contributed by atoms with Crippen LogP contribution in [0.25, 0.3) is 0 Å². The van der Waals surface area contributed by atoms with Crippen molar-refractivity contribution in [1.29, 1.82) is 5.26 Å². The van der Waals surface area contributed by atoms with Gasteiger partial charge in [0.25, 0.3) is 11.8 Å². The van der Waals surface area contributed by atoms with Crippen LogP contribution in [0.15, 0.2) is 66.7 Å².